The van der Waals surface area contributed by atoms with Gasteiger partial charge in [-0.1, -0.05) is 77.1 Å². The van der Waals surface area contributed by atoms with E-state index in [1.54, 1.807) is 11.3 Å². The van der Waals surface area contributed by atoms with Gasteiger partial charge in [0.2, 0.25) is 0 Å². The van der Waals surface area contributed by atoms with E-state index in [2.05, 4.69) is 80.7 Å². The van der Waals surface area contributed by atoms with Crippen molar-refractivity contribution in [1.29, 1.82) is 5.26 Å². The maximum Gasteiger partial charge on any atom is 0.101 e. The van der Waals surface area contributed by atoms with Crippen molar-refractivity contribution in [1.82, 2.24) is 0 Å². The molecule has 3 aromatic carbocycles. The minimum atomic E-state index is 0.0611. The highest BCUT2D eigenvalue weighted by molar-refractivity contribution is 7.26. The van der Waals surface area contributed by atoms with Crippen LogP contribution in [0, 0.1) is 11.3 Å². The number of nitriles is 1. The molecule has 2 nitrogen and oxygen atoms in total. The second kappa shape index (κ2) is 8.04. The summed E-state index contributed by atoms with van der Waals surface area (Å²) in [5, 5.41) is 15.4. The minimum Gasteiger partial charge on any atom is -0.354 e. The SMILES string of the molecule is CC.CC(C)(C)c1ccccc1Nc1cccc2c1sc1c(C#N)cccc12. The average molecular weight is 387 g/mol. The fourth-order valence-corrected chi connectivity index (χ4v) is 4.63. The Morgan fingerprint density at radius 1 is 0.786 bits per heavy atom. The van der Waals surface area contributed by atoms with E-state index in [4.69, 9.17) is 0 Å². The van der Waals surface area contributed by atoms with E-state index in [0.717, 1.165) is 27.0 Å². The normalized spacial score (nSPS) is 11.0. The Kier molecular flexibility index (Phi) is 5.72. The molecule has 0 fully saturated rings. The lowest BCUT2D eigenvalue weighted by Gasteiger charge is -2.23. The molecule has 4 aromatic rings. The summed E-state index contributed by atoms with van der Waals surface area (Å²) in [6, 6.07) is 23.1. The summed E-state index contributed by atoms with van der Waals surface area (Å²) in [5.41, 5.74) is 4.31. The number of nitrogens with zero attached hydrogens (tertiary/aromatic N) is 1. The molecule has 0 saturated heterocycles. The second-order valence-electron chi connectivity index (χ2n) is 7.50. The zero-order chi connectivity index (χ0) is 20.3. The first kappa shape index (κ1) is 19.9. The first-order valence-corrected chi connectivity index (χ1v) is 10.5. The predicted molar refractivity (Wildman–Crippen MR) is 124 cm³/mol. The van der Waals surface area contributed by atoms with Crippen LogP contribution in [0.3, 0.4) is 0 Å². The predicted octanol–water partition coefficient (Wildman–Crippen LogP) is 7.99. The first-order chi connectivity index (χ1) is 13.5. The molecule has 0 atom stereocenters. The van der Waals surface area contributed by atoms with Crippen molar-refractivity contribution in [3.05, 3.63) is 71.8 Å². The van der Waals surface area contributed by atoms with Gasteiger partial charge in [0.1, 0.15) is 6.07 Å². The van der Waals surface area contributed by atoms with E-state index < -0.39 is 0 Å². The molecule has 142 valence electrons. The van der Waals surface area contributed by atoms with Crippen LogP contribution in [0.15, 0.2) is 60.7 Å². The summed E-state index contributed by atoms with van der Waals surface area (Å²) in [4.78, 5) is 0. The topological polar surface area (TPSA) is 35.8 Å². The van der Waals surface area contributed by atoms with Crippen molar-refractivity contribution < 1.29 is 0 Å². The van der Waals surface area contributed by atoms with E-state index >= 15 is 0 Å². The number of para-hydroxylation sites is 1. The number of nitrogens with one attached hydrogen (secondary N) is 1. The Balaban J connectivity index is 0.00000109. The number of anilines is 2. The number of fused-ring (bicyclic) bond motifs is 3. The lowest BCUT2D eigenvalue weighted by Crippen LogP contribution is -2.13. The van der Waals surface area contributed by atoms with E-state index in [1.165, 1.54) is 15.6 Å². The molecule has 1 aromatic heterocycles. The average Bonchev–Trinajstić information content (AvgIpc) is 3.09. The number of hydrogen-bond donors (Lipinski definition) is 1. The largest absolute Gasteiger partial charge is 0.354 e. The minimum absolute atomic E-state index is 0.0611. The van der Waals surface area contributed by atoms with Gasteiger partial charge in [0.15, 0.2) is 0 Å². The van der Waals surface area contributed by atoms with Gasteiger partial charge < -0.3 is 5.32 Å². The van der Waals surface area contributed by atoms with Crippen LogP contribution in [-0.2, 0) is 5.41 Å². The molecule has 0 unspecified atom stereocenters. The van der Waals surface area contributed by atoms with Gasteiger partial charge in [0.05, 0.1) is 20.7 Å². The van der Waals surface area contributed by atoms with Crippen molar-refractivity contribution in [2.75, 3.05) is 5.32 Å². The van der Waals surface area contributed by atoms with Crippen molar-refractivity contribution in [2.24, 2.45) is 0 Å². The fourth-order valence-electron chi connectivity index (χ4n) is 3.40. The summed E-state index contributed by atoms with van der Waals surface area (Å²) >= 11 is 1.69. The molecule has 1 N–H and O–H groups in total. The molecular weight excluding hydrogens is 360 g/mol. The maximum absolute atomic E-state index is 9.43. The van der Waals surface area contributed by atoms with Gasteiger partial charge in [-0.15, -0.1) is 11.3 Å². The van der Waals surface area contributed by atoms with Crippen molar-refractivity contribution in [2.45, 2.75) is 40.0 Å². The van der Waals surface area contributed by atoms with Gasteiger partial charge in [-0.3, -0.25) is 0 Å². The summed E-state index contributed by atoms with van der Waals surface area (Å²) in [5.74, 6) is 0. The molecule has 0 aliphatic heterocycles. The van der Waals surface area contributed by atoms with E-state index in [-0.39, 0.29) is 5.41 Å². The third-order valence-corrected chi connectivity index (χ3v) is 5.94. The Bertz CT molecular complexity index is 1160. The Morgan fingerprint density at radius 2 is 1.39 bits per heavy atom. The van der Waals surface area contributed by atoms with Crippen LogP contribution in [0.25, 0.3) is 20.2 Å². The summed E-state index contributed by atoms with van der Waals surface area (Å²) in [6.07, 6.45) is 0. The fraction of sp³-hybridized carbons (Fsp3) is 0.240. The highest BCUT2D eigenvalue weighted by Crippen LogP contribution is 2.41. The van der Waals surface area contributed by atoms with E-state index in [1.807, 2.05) is 26.0 Å². The Hall–Kier alpha value is -2.83. The molecule has 0 aliphatic carbocycles. The summed E-state index contributed by atoms with van der Waals surface area (Å²) in [7, 11) is 0. The quantitative estimate of drug-likeness (QED) is 0.379. The molecular formula is C25H26N2S. The van der Waals surface area contributed by atoms with Gasteiger partial charge >= 0.3 is 0 Å². The smallest absolute Gasteiger partial charge is 0.101 e. The van der Waals surface area contributed by atoms with Crippen molar-refractivity contribution in [3.8, 4) is 6.07 Å². The van der Waals surface area contributed by atoms with Crippen LogP contribution in [0.1, 0.15) is 45.7 Å². The lowest BCUT2D eigenvalue weighted by atomic mass is 9.86. The third kappa shape index (κ3) is 3.61. The van der Waals surface area contributed by atoms with Crippen LogP contribution in [0.4, 0.5) is 11.4 Å². The molecule has 0 saturated carbocycles. The number of hydrogen-bond acceptors (Lipinski definition) is 3. The van der Waals surface area contributed by atoms with Crippen molar-refractivity contribution >= 4 is 42.9 Å². The second-order valence-corrected chi connectivity index (χ2v) is 8.52. The van der Waals surface area contributed by atoms with Gasteiger partial charge in [-0.2, -0.15) is 5.26 Å². The molecule has 0 aliphatic rings. The maximum atomic E-state index is 9.43. The zero-order valence-electron chi connectivity index (χ0n) is 17.1. The highest BCUT2D eigenvalue weighted by Gasteiger charge is 2.18. The van der Waals surface area contributed by atoms with E-state index in [9.17, 15) is 5.26 Å². The number of rotatable bonds is 2. The third-order valence-electron chi connectivity index (χ3n) is 4.65. The van der Waals surface area contributed by atoms with Crippen LogP contribution in [-0.4, -0.2) is 0 Å². The van der Waals surface area contributed by atoms with Crippen molar-refractivity contribution in [3.63, 3.8) is 0 Å². The standard InChI is InChI=1S/C23H20N2S.C2H6/c1-23(2,3)18-11-4-5-12-19(18)25-20-13-7-10-17-16-9-6-8-15(14-24)21(16)26-22(17)20;1-2/h4-13,25H,1-3H3;1-2H3. The highest BCUT2D eigenvalue weighted by atomic mass is 32.1. The summed E-state index contributed by atoms with van der Waals surface area (Å²) < 4.78 is 2.25. The van der Waals surface area contributed by atoms with Crippen LogP contribution in [0.5, 0.6) is 0 Å². The summed E-state index contributed by atoms with van der Waals surface area (Å²) in [6.45, 7) is 10.7. The van der Waals surface area contributed by atoms with Gasteiger partial charge in [-0.05, 0) is 29.2 Å². The van der Waals surface area contributed by atoms with Gasteiger partial charge in [0, 0.05) is 16.5 Å². The van der Waals surface area contributed by atoms with Crippen LogP contribution in [0.2, 0.25) is 0 Å². The van der Waals surface area contributed by atoms with Gasteiger partial charge in [-0.25, -0.2) is 0 Å². The molecule has 0 radical (unpaired) electrons. The molecule has 1 heterocycles. The lowest BCUT2D eigenvalue weighted by molar-refractivity contribution is 0.592. The molecule has 4 rings (SSSR count). The Labute approximate surface area is 171 Å². The first-order valence-electron chi connectivity index (χ1n) is 9.70. The molecule has 28 heavy (non-hydrogen) atoms. The van der Waals surface area contributed by atoms with Gasteiger partial charge in [0.25, 0.3) is 0 Å². The number of thiophene rings is 1. The monoisotopic (exact) mass is 386 g/mol. The zero-order valence-corrected chi connectivity index (χ0v) is 17.9. The van der Waals surface area contributed by atoms with E-state index in [0.29, 0.717) is 0 Å². The number of benzene rings is 3. The van der Waals surface area contributed by atoms with Crippen LogP contribution < -0.4 is 5.32 Å². The van der Waals surface area contributed by atoms with Crippen LogP contribution >= 0.6 is 11.3 Å². The molecule has 3 heteroatoms. The Morgan fingerprint density at radius 3 is 2.07 bits per heavy atom. The molecule has 0 bridgehead atoms. The molecule has 0 amide bonds. The molecule has 0 spiro atoms.